The lowest BCUT2D eigenvalue weighted by Gasteiger charge is -2.13. The fourth-order valence-corrected chi connectivity index (χ4v) is 3.33. The van der Waals surface area contributed by atoms with Crippen LogP contribution in [0.1, 0.15) is 25.0 Å². The molecule has 0 unspecified atom stereocenters. The number of ether oxygens (including phenoxy) is 2. The van der Waals surface area contributed by atoms with E-state index in [9.17, 15) is 4.79 Å². The second-order valence-corrected chi connectivity index (χ2v) is 7.25. The van der Waals surface area contributed by atoms with Gasteiger partial charge in [-0.3, -0.25) is 4.79 Å². The van der Waals surface area contributed by atoms with Crippen LogP contribution in [0.3, 0.4) is 0 Å². The van der Waals surface area contributed by atoms with E-state index in [0.717, 1.165) is 5.56 Å². The molecule has 1 N–H and O–H groups in total. The first kappa shape index (κ1) is 19.5. The van der Waals surface area contributed by atoms with Crippen molar-refractivity contribution in [2.75, 3.05) is 7.11 Å². The maximum atomic E-state index is 12.3. The van der Waals surface area contributed by atoms with Crippen molar-refractivity contribution >= 4 is 34.6 Å². The molecule has 1 amide bonds. The van der Waals surface area contributed by atoms with Crippen molar-refractivity contribution in [3.63, 3.8) is 0 Å². The molecule has 2 aromatic rings. The summed E-state index contributed by atoms with van der Waals surface area (Å²) in [5.41, 5.74) is 2.05. The number of amidine groups is 1. The molecular weight excluding hydrogens is 374 g/mol. The Labute approximate surface area is 167 Å². The zero-order valence-electron chi connectivity index (χ0n) is 15.7. The van der Waals surface area contributed by atoms with Crippen molar-refractivity contribution < 1.29 is 14.3 Å². The fourth-order valence-electron chi connectivity index (χ4n) is 2.48. The number of aliphatic imine (C=N–C) groups is 1. The minimum absolute atomic E-state index is 0.0373. The predicted molar refractivity (Wildman–Crippen MR) is 111 cm³/mol. The fraction of sp³-hybridized carbons (Fsp3) is 0.190. The van der Waals surface area contributed by atoms with Crippen LogP contribution in [0.15, 0.2) is 52.4 Å². The second kappa shape index (κ2) is 8.63. The highest BCUT2D eigenvalue weighted by molar-refractivity contribution is 8.18. The van der Waals surface area contributed by atoms with Crippen molar-refractivity contribution in [1.29, 1.82) is 5.26 Å². The Morgan fingerprint density at radius 3 is 2.57 bits per heavy atom. The first-order valence-corrected chi connectivity index (χ1v) is 9.44. The number of benzene rings is 2. The van der Waals surface area contributed by atoms with Gasteiger partial charge in [-0.15, -0.1) is 0 Å². The molecule has 3 rings (SSSR count). The Balaban J connectivity index is 1.80. The highest BCUT2D eigenvalue weighted by Gasteiger charge is 2.24. The zero-order chi connectivity index (χ0) is 20.1. The molecule has 1 fully saturated rings. The van der Waals surface area contributed by atoms with Crippen LogP contribution in [-0.4, -0.2) is 24.3 Å². The molecular formula is C21H19N3O3S. The molecule has 6 nitrogen and oxygen atoms in total. The molecule has 1 aliphatic rings. The van der Waals surface area contributed by atoms with Gasteiger partial charge in [-0.05, 0) is 73.6 Å². The van der Waals surface area contributed by atoms with Gasteiger partial charge in [-0.1, -0.05) is 6.07 Å². The molecule has 0 aromatic heterocycles. The average molecular weight is 393 g/mol. The Bertz CT molecular complexity index is 989. The van der Waals surface area contributed by atoms with Crippen LogP contribution >= 0.6 is 11.8 Å². The summed E-state index contributed by atoms with van der Waals surface area (Å²) < 4.78 is 11.1. The van der Waals surface area contributed by atoms with Gasteiger partial charge in [0.05, 0.1) is 35.4 Å². The maximum absolute atomic E-state index is 12.3. The van der Waals surface area contributed by atoms with Crippen molar-refractivity contribution in [3.8, 4) is 17.6 Å². The minimum atomic E-state index is -0.209. The quantitative estimate of drug-likeness (QED) is 0.768. The molecule has 0 spiro atoms. The van der Waals surface area contributed by atoms with Crippen molar-refractivity contribution in [2.24, 2.45) is 4.99 Å². The number of carbonyl (C=O) groups is 1. The summed E-state index contributed by atoms with van der Waals surface area (Å²) in [7, 11) is 1.58. The minimum Gasteiger partial charge on any atom is -0.493 e. The van der Waals surface area contributed by atoms with E-state index < -0.39 is 0 Å². The number of methoxy groups -OCH3 is 1. The van der Waals surface area contributed by atoms with Crippen molar-refractivity contribution in [1.82, 2.24) is 5.32 Å². The molecule has 0 radical (unpaired) electrons. The standard InChI is InChI=1S/C21H19N3O3S/c1-13(2)27-17-9-6-15(10-18(17)26-3)11-19-20(25)24-21(28-19)23-16-7-4-14(12-22)5-8-16/h4-11,13H,1-3H3,(H,23,24,25). The van der Waals surface area contributed by atoms with Crippen LogP contribution < -0.4 is 14.8 Å². The largest absolute Gasteiger partial charge is 0.493 e. The summed E-state index contributed by atoms with van der Waals surface area (Å²) in [6.45, 7) is 3.90. The molecule has 0 saturated carbocycles. The van der Waals surface area contributed by atoms with Gasteiger partial charge in [0, 0.05) is 0 Å². The lowest BCUT2D eigenvalue weighted by molar-refractivity contribution is -0.115. The zero-order valence-corrected chi connectivity index (χ0v) is 16.5. The molecule has 1 aliphatic heterocycles. The first-order valence-electron chi connectivity index (χ1n) is 8.63. The second-order valence-electron chi connectivity index (χ2n) is 6.22. The average Bonchev–Trinajstić information content (AvgIpc) is 3.02. The molecule has 1 saturated heterocycles. The van der Waals surface area contributed by atoms with Crippen molar-refractivity contribution in [2.45, 2.75) is 20.0 Å². The smallest absolute Gasteiger partial charge is 0.264 e. The Hall–Kier alpha value is -3.24. The van der Waals surface area contributed by atoms with E-state index in [4.69, 9.17) is 14.7 Å². The Kier molecular flexibility index (Phi) is 6.02. The molecule has 28 heavy (non-hydrogen) atoms. The number of amides is 1. The van der Waals surface area contributed by atoms with Crippen LogP contribution in [0.2, 0.25) is 0 Å². The van der Waals surface area contributed by atoms with Crippen LogP contribution in [0.5, 0.6) is 11.5 Å². The van der Waals surface area contributed by atoms with E-state index in [-0.39, 0.29) is 12.0 Å². The van der Waals surface area contributed by atoms with Crippen LogP contribution in [-0.2, 0) is 4.79 Å². The van der Waals surface area contributed by atoms with Gasteiger partial charge in [-0.25, -0.2) is 4.99 Å². The van der Waals surface area contributed by atoms with Crippen LogP contribution in [0.25, 0.3) is 6.08 Å². The SMILES string of the molecule is COc1cc(C=C2SC(=Nc3ccc(C#N)cc3)NC2=O)ccc1OC(C)C. The summed E-state index contributed by atoms with van der Waals surface area (Å²) in [5.74, 6) is 1.06. The number of thioether (sulfide) groups is 1. The monoisotopic (exact) mass is 393 g/mol. The van der Waals surface area contributed by atoms with E-state index in [1.165, 1.54) is 11.8 Å². The molecule has 7 heteroatoms. The lowest BCUT2D eigenvalue weighted by Crippen LogP contribution is -2.19. The van der Waals surface area contributed by atoms with Crippen LogP contribution in [0, 0.1) is 11.3 Å². The van der Waals surface area contributed by atoms with Gasteiger partial charge in [0.2, 0.25) is 0 Å². The third kappa shape index (κ3) is 4.72. The number of nitrogens with zero attached hydrogens (tertiary/aromatic N) is 2. The Morgan fingerprint density at radius 2 is 1.93 bits per heavy atom. The van der Waals surface area contributed by atoms with E-state index in [2.05, 4.69) is 16.4 Å². The third-order valence-electron chi connectivity index (χ3n) is 3.73. The summed E-state index contributed by atoms with van der Waals surface area (Å²) in [6.07, 6.45) is 1.82. The lowest BCUT2D eigenvalue weighted by atomic mass is 10.2. The number of carbonyl (C=O) groups excluding carboxylic acids is 1. The van der Waals surface area contributed by atoms with Crippen LogP contribution in [0.4, 0.5) is 5.69 Å². The van der Waals surface area contributed by atoms with Gasteiger partial charge < -0.3 is 14.8 Å². The summed E-state index contributed by atoms with van der Waals surface area (Å²) in [5, 5.41) is 12.1. The molecule has 0 atom stereocenters. The highest BCUT2D eigenvalue weighted by Crippen LogP contribution is 2.32. The van der Waals surface area contributed by atoms with Gasteiger partial charge in [0.1, 0.15) is 0 Å². The van der Waals surface area contributed by atoms with Gasteiger partial charge in [0.15, 0.2) is 16.7 Å². The third-order valence-corrected chi connectivity index (χ3v) is 4.64. The predicted octanol–water partition coefficient (Wildman–Crippen LogP) is 4.25. The number of nitriles is 1. The first-order chi connectivity index (χ1) is 13.5. The Morgan fingerprint density at radius 1 is 1.18 bits per heavy atom. The number of hydrogen-bond acceptors (Lipinski definition) is 6. The molecule has 2 aromatic carbocycles. The van der Waals surface area contributed by atoms with Gasteiger partial charge in [-0.2, -0.15) is 5.26 Å². The van der Waals surface area contributed by atoms with E-state index in [0.29, 0.717) is 32.8 Å². The molecule has 0 bridgehead atoms. The topological polar surface area (TPSA) is 83.7 Å². The number of hydrogen-bond donors (Lipinski definition) is 1. The highest BCUT2D eigenvalue weighted by atomic mass is 32.2. The number of nitrogens with one attached hydrogen (secondary N) is 1. The maximum Gasteiger partial charge on any atom is 0.264 e. The van der Waals surface area contributed by atoms with Gasteiger partial charge in [0.25, 0.3) is 5.91 Å². The van der Waals surface area contributed by atoms with E-state index >= 15 is 0 Å². The van der Waals surface area contributed by atoms with E-state index in [1.54, 1.807) is 37.5 Å². The number of rotatable bonds is 5. The van der Waals surface area contributed by atoms with Crippen molar-refractivity contribution in [3.05, 3.63) is 58.5 Å². The normalized spacial score (nSPS) is 16.3. The summed E-state index contributed by atoms with van der Waals surface area (Å²) >= 11 is 1.26. The summed E-state index contributed by atoms with van der Waals surface area (Å²) in [6, 6.07) is 14.4. The molecule has 1 heterocycles. The molecule has 142 valence electrons. The van der Waals surface area contributed by atoms with Gasteiger partial charge >= 0.3 is 0 Å². The molecule has 0 aliphatic carbocycles. The summed E-state index contributed by atoms with van der Waals surface area (Å²) in [4.78, 5) is 17.2. The van der Waals surface area contributed by atoms with E-state index in [1.807, 2.05) is 32.0 Å².